The van der Waals surface area contributed by atoms with Gasteiger partial charge in [-0.1, -0.05) is 55.8 Å². The van der Waals surface area contributed by atoms with Crippen LogP contribution in [0.4, 0.5) is 4.39 Å². The van der Waals surface area contributed by atoms with Crippen LogP contribution in [0.3, 0.4) is 0 Å². The van der Waals surface area contributed by atoms with Crippen molar-refractivity contribution in [3.8, 4) is 0 Å². The second kappa shape index (κ2) is 10.4. The molecule has 1 unspecified atom stereocenters. The first-order valence-corrected chi connectivity index (χ1v) is 12.8. The third kappa shape index (κ3) is 5.15. The van der Waals surface area contributed by atoms with Crippen molar-refractivity contribution in [2.45, 2.75) is 52.0 Å². The van der Waals surface area contributed by atoms with Crippen molar-refractivity contribution in [3.63, 3.8) is 0 Å². The van der Waals surface area contributed by atoms with E-state index in [4.69, 9.17) is 0 Å². The molecule has 2 heterocycles. The summed E-state index contributed by atoms with van der Waals surface area (Å²) in [6.07, 6.45) is 1.23. The zero-order chi connectivity index (χ0) is 26.9. The first-order valence-electron chi connectivity index (χ1n) is 12.8. The Kier molecular flexibility index (Phi) is 7.48. The number of piperidine rings is 2. The molecule has 1 spiro atoms. The Morgan fingerprint density at radius 3 is 2.32 bits per heavy atom. The van der Waals surface area contributed by atoms with E-state index in [0.29, 0.717) is 25.9 Å². The van der Waals surface area contributed by atoms with E-state index in [1.807, 2.05) is 44.2 Å². The second-order valence-corrected chi connectivity index (χ2v) is 10.7. The maximum absolute atomic E-state index is 14.3. The van der Waals surface area contributed by atoms with Gasteiger partial charge in [0, 0.05) is 26.6 Å². The predicted octanol–water partition coefficient (Wildman–Crippen LogP) is 3.67. The Morgan fingerprint density at radius 2 is 1.70 bits per heavy atom. The van der Waals surface area contributed by atoms with Crippen molar-refractivity contribution in [2.75, 3.05) is 20.1 Å². The molecule has 2 aliphatic rings. The van der Waals surface area contributed by atoms with Crippen LogP contribution < -0.4 is 5.32 Å². The lowest BCUT2D eigenvalue weighted by molar-refractivity contribution is -0.156. The number of carbonyl (C=O) groups is 4. The van der Waals surface area contributed by atoms with Gasteiger partial charge in [0.1, 0.15) is 11.9 Å². The SMILES string of the molecule is Cc1ccc(F)c(C(=O)N[C@@H](C(=O)N2CCC3(CC2)CC(=O)N(C)C(=O)C3c2ccccc2)C(C)C)c1. The van der Waals surface area contributed by atoms with Crippen LogP contribution in [0.15, 0.2) is 48.5 Å². The molecule has 2 atom stereocenters. The number of carbonyl (C=O) groups excluding carboxylic acids is 4. The van der Waals surface area contributed by atoms with Crippen molar-refractivity contribution in [1.82, 2.24) is 15.1 Å². The molecule has 4 amide bonds. The Bertz CT molecular complexity index is 1200. The molecule has 4 rings (SSSR count). The Hall–Kier alpha value is -3.55. The van der Waals surface area contributed by atoms with Gasteiger partial charge in [0.15, 0.2) is 0 Å². The molecule has 0 saturated carbocycles. The van der Waals surface area contributed by atoms with Crippen molar-refractivity contribution >= 4 is 23.6 Å². The average molecular weight is 508 g/mol. The van der Waals surface area contributed by atoms with Crippen LogP contribution in [-0.2, 0) is 14.4 Å². The molecule has 196 valence electrons. The van der Waals surface area contributed by atoms with Gasteiger partial charge >= 0.3 is 0 Å². The monoisotopic (exact) mass is 507 g/mol. The lowest BCUT2D eigenvalue weighted by Crippen LogP contribution is -2.58. The quantitative estimate of drug-likeness (QED) is 0.626. The van der Waals surface area contributed by atoms with E-state index in [0.717, 1.165) is 11.1 Å². The highest BCUT2D eigenvalue weighted by molar-refractivity contribution is 6.02. The normalized spacial score (nSPS) is 20.3. The molecule has 0 aliphatic carbocycles. The van der Waals surface area contributed by atoms with E-state index in [1.165, 1.54) is 24.1 Å². The fourth-order valence-corrected chi connectivity index (χ4v) is 5.62. The number of imide groups is 1. The second-order valence-electron chi connectivity index (χ2n) is 10.7. The topological polar surface area (TPSA) is 86.8 Å². The summed E-state index contributed by atoms with van der Waals surface area (Å²) in [6.45, 7) is 6.17. The predicted molar refractivity (Wildman–Crippen MR) is 137 cm³/mol. The fourth-order valence-electron chi connectivity index (χ4n) is 5.62. The van der Waals surface area contributed by atoms with Crippen LogP contribution in [0, 0.1) is 24.1 Å². The minimum absolute atomic E-state index is 0.0925. The number of likely N-dealkylation sites (tertiary alicyclic amines) is 2. The maximum Gasteiger partial charge on any atom is 0.254 e. The van der Waals surface area contributed by atoms with Crippen LogP contribution in [0.2, 0.25) is 0 Å². The molecule has 2 aromatic rings. The number of likely N-dealkylation sites (N-methyl/N-ethyl adjacent to an activating group) is 1. The number of nitrogens with one attached hydrogen (secondary N) is 1. The van der Waals surface area contributed by atoms with Crippen LogP contribution in [-0.4, -0.2) is 59.6 Å². The lowest BCUT2D eigenvalue weighted by Gasteiger charge is -2.50. The van der Waals surface area contributed by atoms with E-state index in [9.17, 15) is 23.6 Å². The summed E-state index contributed by atoms with van der Waals surface area (Å²) in [4.78, 5) is 55.3. The highest BCUT2D eigenvalue weighted by Gasteiger charge is 2.53. The van der Waals surface area contributed by atoms with Crippen LogP contribution in [0.5, 0.6) is 0 Å². The first kappa shape index (κ1) is 26.5. The largest absolute Gasteiger partial charge is 0.341 e. The van der Waals surface area contributed by atoms with Crippen molar-refractivity contribution < 1.29 is 23.6 Å². The molecule has 7 nitrogen and oxygen atoms in total. The number of benzene rings is 2. The van der Waals surface area contributed by atoms with Gasteiger partial charge in [-0.25, -0.2) is 4.39 Å². The number of hydrogen-bond donors (Lipinski definition) is 1. The minimum atomic E-state index is -0.827. The zero-order valence-electron chi connectivity index (χ0n) is 21.8. The van der Waals surface area contributed by atoms with E-state index in [1.54, 1.807) is 17.9 Å². The minimum Gasteiger partial charge on any atom is -0.341 e. The van der Waals surface area contributed by atoms with E-state index in [-0.39, 0.29) is 35.6 Å². The number of amides is 4. The average Bonchev–Trinajstić information content (AvgIpc) is 2.88. The summed E-state index contributed by atoms with van der Waals surface area (Å²) in [6, 6.07) is 13.0. The van der Waals surface area contributed by atoms with E-state index >= 15 is 0 Å². The Balaban J connectivity index is 1.52. The highest BCUT2D eigenvalue weighted by atomic mass is 19.1. The summed E-state index contributed by atoms with van der Waals surface area (Å²) >= 11 is 0. The molecule has 0 radical (unpaired) electrons. The molecule has 1 N–H and O–H groups in total. The third-order valence-corrected chi connectivity index (χ3v) is 7.86. The molecule has 2 saturated heterocycles. The van der Waals surface area contributed by atoms with Crippen molar-refractivity contribution in [2.24, 2.45) is 11.3 Å². The number of aryl methyl sites for hydroxylation is 1. The van der Waals surface area contributed by atoms with E-state index < -0.39 is 29.1 Å². The molecule has 8 heteroatoms. The first-order chi connectivity index (χ1) is 17.5. The Morgan fingerprint density at radius 1 is 1.05 bits per heavy atom. The molecular weight excluding hydrogens is 473 g/mol. The van der Waals surface area contributed by atoms with Gasteiger partial charge in [-0.2, -0.15) is 0 Å². The number of rotatable bonds is 5. The van der Waals surface area contributed by atoms with Gasteiger partial charge in [0.05, 0.1) is 11.5 Å². The highest BCUT2D eigenvalue weighted by Crippen LogP contribution is 2.50. The summed E-state index contributed by atoms with van der Waals surface area (Å²) in [5, 5.41) is 2.74. The number of halogens is 1. The number of nitrogens with zero attached hydrogens (tertiary/aromatic N) is 2. The summed E-state index contributed by atoms with van der Waals surface area (Å²) < 4.78 is 14.3. The Labute approximate surface area is 217 Å². The summed E-state index contributed by atoms with van der Waals surface area (Å²) in [5.74, 6) is -2.60. The van der Waals surface area contributed by atoms with Crippen LogP contribution >= 0.6 is 0 Å². The van der Waals surface area contributed by atoms with Gasteiger partial charge in [0.2, 0.25) is 17.7 Å². The van der Waals surface area contributed by atoms with Gasteiger partial charge in [0.25, 0.3) is 5.91 Å². The zero-order valence-corrected chi connectivity index (χ0v) is 21.8. The lowest BCUT2D eigenvalue weighted by atomic mass is 9.61. The van der Waals surface area contributed by atoms with E-state index in [2.05, 4.69) is 5.32 Å². The molecule has 37 heavy (non-hydrogen) atoms. The summed E-state index contributed by atoms with van der Waals surface area (Å²) in [5.41, 5.74) is 0.958. The van der Waals surface area contributed by atoms with Gasteiger partial charge < -0.3 is 10.2 Å². The van der Waals surface area contributed by atoms with Gasteiger partial charge in [-0.3, -0.25) is 24.1 Å². The van der Waals surface area contributed by atoms with Crippen LogP contribution in [0.1, 0.15) is 60.5 Å². The smallest absolute Gasteiger partial charge is 0.254 e. The maximum atomic E-state index is 14.3. The molecular formula is C29H34FN3O4. The molecule has 0 bridgehead atoms. The van der Waals surface area contributed by atoms with Crippen molar-refractivity contribution in [3.05, 3.63) is 71.0 Å². The third-order valence-electron chi connectivity index (χ3n) is 7.86. The van der Waals surface area contributed by atoms with Gasteiger partial charge in [-0.05, 0) is 48.8 Å². The van der Waals surface area contributed by atoms with Crippen molar-refractivity contribution in [1.29, 1.82) is 0 Å². The van der Waals surface area contributed by atoms with Gasteiger partial charge in [-0.15, -0.1) is 0 Å². The van der Waals surface area contributed by atoms with Crippen LogP contribution in [0.25, 0.3) is 0 Å². The number of hydrogen-bond acceptors (Lipinski definition) is 4. The fraction of sp³-hybridized carbons (Fsp3) is 0.448. The molecule has 0 aromatic heterocycles. The molecule has 2 fully saturated rings. The molecule has 2 aromatic carbocycles. The standard InChI is InChI=1S/C29H34FN3O4/c1-18(2)25(31-26(35)21-16-19(3)10-11-22(21)30)28(37)33-14-12-29(13-15-33)17-23(34)32(4)27(36)24(29)20-8-6-5-7-9-20/h5-11,16,18,24-25H,12-15,17H2,1-4H3,(H,31,35)/t24?,25-/m1/s1. The summed E-state index contributed by atoms with van der Waals surface area (Å²) in [7, 11) is 1.53. The molecule has 2 aliphatic heterocycles.